The van der Waals surface area contributed by atoms with Gasteiger partial charge >= 0.3 is 13.6 Å². The van der Waals surface area contributed by atoms with Crippen molar-refractivity contribution in [3.63, 3.8) is 0 Å². The van der Waals surface area contributed by atoms with Gasteiger partial charge in [0.15, 0.2) is 12.0 Å². The quantitative estimate of drug-likeness (QED) is 0.136. The van der Waals surface area contributed by atoms with Crippen LogP contribution in [-0.2, 0) is 36.6 Å². The summed E-state index contributed by atoms with van der Waals surface area (Å²) in [5, 5.41) is 10.7. The van der Waals surface area contributed by atoms with Gasteiger partial charge in [0.1, 0.15) is 11.3 Å². The molecule has 1 saturated heterocycles. The minimum Gasteiger partial charge on any atom is -0.463 e. The average molecular weight is 720 g/mol. The van der Waals surface area contributed by atoms with Crippen molar-refractivity contribution in [2.24, 2.45) is 0 Å². The Morgan fingerprint density at radius 1 is 1.13 bits per heavy atom. The number of nitrogens with zero attached hydrogens (tertiary/aromatic N) is 5. The van der Waals surface area contributed by atoms with Crippen LogP contribution in [0.3, 0.4) is 0 Å². The Kier molecular flexibility index (Phi) is 9.07. The number of ether oxygens (including phenoxy) is 3. The molecule has 2 unspecified atom stereocenters. The van der Waals surface area contributed by atoms with Gasteiger partial charge in [-0.15, -0.1) is 5.10 Å². The summed E-state index contributed by atoms with van der Waals surface area (Å²) in [6.45, 7) is 1.36. The monoisotopic (exact) mass is 719 g/mol. The minimum absolute atomic E-state index is 0.0930. The molecule has 0 bridgehead atoms. The maximum Gasteiger partial charge on any atom is 0.369 e. The number of benzene rings is 3. The number of halogens is 3. The summed E-state index contributed by atoms with van der Waals surface area (Å²) >= 11 is 3.31. The molecule has 1 aliphatic heterocycles. The number of carbonyl (C=O) groups is 1. The molecule has 1 aliphatic rings. The second kappa shape index (κ2) is 12.9. The predicted octanol–water partition coefficient (Wildman–Crippen LogP) is 5.71. The fourth-order valence-electron chi connectivity index (χ4n) is 5.51. The van der Waals surface area contributed by atoms with Gasteiger partial charge in [-0.1, -0.05) is 33.3 Å². The predicted molar refractivity (Wildman–Crippen MR) is 165 cm³/mol. The van der Waals surface area contributed by atoms with Crippen LogP contribution >= 0.6 is 23.5 Å². The zero-order valence-electron chi connectivity index (χ0n) is 24.5. The van der Waals surface area contributed by atoms with E-state index in [0.29, 0.717) is 39.6 Å². The highest BCUT2D eigenvalue weighted by Crippen LogP contribution is 2.54. The number of aromatic nitrogens is 5. The van der Waals surface area contributed by atoms with Crippen LogP contribution in [0.15, 0.2) is 59.1 Å². The second-order valence-electron chi connectivity index (χ2n) is 10.8. The van der Waals surface area contributed by atoms with Crippen LogP contribution in [0, 0.1) is 11.6 Å². The van der Waals surface area contributed by atoms with Gasteiger partial charge in [-0.05, 0) is 74.2 Å². The number of fused-ring (bicyclic) bond motifs is 2. The van der Waals surface area contributed by atoms with E-state index in [4.69, 9.17) is 19.3 Å². The SMILES string of the molecule is CCOC(=O)C(Cc1ccc(F)cc1)(OCc1nn(C2CCCCO2)c2cc(-n3nnc4c(F)cc(Br)cc43)ccc12)P(=O)(O)O. The number of rotatable bonds is 10. The van der Waals surface area contributed by atoms with Crippen LogP contribution in [0.1, 0.15) is 43.7 Å². The molecular weight excluding hydrogens is 691 g/mol. The second-order valence-corrected chi connectivity index (χ2v) is 13.5. The minimum atomic E-state index is -5.36. The fourth-order valence-corrected chi connectivity index (χ4v) is 6.85. The van der Waals surface area contributed by atoms with Gasteiger partial charge in [0, 0.05) is 22.9 Å². The van der Waals surface area contributed by atoms with Crippen molar-refractivity contribution in [1.29, 1.82) is 0 Å². The maximum atomic E-state index is 14.6. The zero-order valence-corrected chi connectivity index (χ0v) is 27.0. The van der Waals surface area contributed by atoms with E-state index < -0.39 is 49.8 Å². The molecule has 6 rings (SSSR count). The van der Waals surface area contributed by atoms with E-state index in [2.05, 4.69) is 26.2 Å². The van der Waals surface area contributed by atoms with Crippen molar-refractivity contribution < 1.29 is 42.1 Å². The first-order chi connectivity index (χ1) is 22.0. The van der Waals surface area contributed by atoms with Gasteiger partial charge in [0.05, 0.1) is 35.6 Å². The average Bonchev–Trinajstić information content (AvgIpc) is 3.61. The summed E-state index contributed by atoms with van der Waals surface area (Å²) in [7, 11) is -5.36. The summed E-state index contributed by atoms with van der Waals surface area (Å²) in [6.07, 6.45) is 1.40. The molecule has 0 saturated carbocycles. The standard InChI is InChI=1S/C30H29BrF2N5O7P/c1-2-43-29(39)30(46(40,41)42,16-18-6-8-20(32)9-7-18)45-17-24-22-11-10-21(15-25(22)38(35-24)27-5-3-4-12-44-27)37-26-14-19(31)13-23(33)28(26)34-36-37/h6-11,13-15,27H,2-5,12,16-17H2,1H3,(H2,40,41,42). The lowest BCUT2D eigenvalue weighted by Crippen LogP contribution is -2.45. The Balaban J connectivity index is 1.43. The van der Waals surface area contributed by atoms with Crippen LogP contribution in [0.4, 0.5) is 8.78 Å². The van der Waals surface area contributed by atoms with E-state index >= 15 is 0 Å². The van der Waals surface area contributed by atoms with Crippen molar-refractivity contribution in [2.45, 2.75) is 50.8 Å². The Morgan fingerprint density at radius 2 is 1.91 bits per heavy atom. The van der Waals surface area contributed by atoms with Crippen molar-refractivity contribution >= 4 is 51.4 Å². The normalized spacial score (nSPS) is 17.0. The van der Waals surface area contributed by atoms with Gasteiger partial charge in [0.2, 0.25) is 0 Å². The number of carbonyl (C=O) groups excluding carboxylic acids is 1. The van der Waals surface area contributed by atoms with Gasteiger partial charge < -0.3 is 24.0 Å². The first-order valence-corrected chi connectivity index (χ1v) is 16.9. The third-order valence-corrected chi connectivity index (χ3v) is 9.65. The van der Waals surface area contributed by atoms with Crippen molar-refractivity contribution in [1.82, 2.24) is 24.8 Å². The molecule has 0 spiro atoms. The molecule has 2 N–H and O–H groups in total. The highest BCUT2D eigenvalue weighted by atomic mass is 79.9. The topological polar surface area (TPSA) is 151 Å². The van der Waals surface area contributed by atoms with Gasteiger partial charge in [0.25, 0.3) is 5.34 Å². The molecule has 5 aromatic rings. The smallest absolute Gasteiger partial charge is 0.369 e. The first kappa shape index (κ1) is 32.4. The van der Waals surface area contributed by atoms with Crippen LogP contribution in [0.5, 0.6) is 0 Å². The van der Waals surface area contributed by atoms with Crippen molar-refractivity contribution in [2.75, 3.05) is 13.2 Å². The van der Waals surface area contributed by atoms with E-state index in [1.54, 1.807) is 28.9 Å². The zero-order chi connectivity index (χ0) is 32.6. The number of esters is 1. The van der Waals surface area contributed by atoms with E-state index in [0.717, 1.165) is 25.0 Å². The largest absolute Gasteiger partial charge is 0.463 e. The molecule has 0 radical (unpaired) electrons. The molecule has 2 aromatic heterocycles. The van der Waals surface area contributed by atoms with Crippen molar-refractivity contribution in [3.8, 4) is 5.69 Å². The molecule has 0 amide bonds. The maximum absolute atomic E-state index is 14.6. The summed E-state index contributed by atoms with van der Waals surface area (Å²) in [5.74, 6) is -2.35. The van der Waals surface area contributed by atoms with Crippen LogP contribution < -0.4 is 0 Å². The lowest BCUT2D eigenvalue weighted by Gasteiger charge is -2.31. The van der Waals surface area contributed by atoms with Crippen LogP contribution in [0.2, 0.25) is 0 Å². The molecular formula is C30H29BrF2N5O7P. The third-order valence-electron chi connectivity index (χ3n) is 7.78. The first-order valence-electron chi connectivity index (χ1n) is 14.5. The lowest BCUT2D eigenvalue weighted by atomic mass is 10.1. The molecule has 2 atom stereocenters. The molecule has 0 aliphatic carbocycles. The Morgan fingerprint density at radius 3 is 2.61 bits per heavy atom. The van der Waals surface area contributed by atoms with E-state index in [-0.39, 0.29) is 23.4 Å². The number of hydrogen-bond acceptors (Lipinski definition) is 8. The Labute approximate surface area is 269 Å². The highest BCUT2D eigenvalue weighted by molar-refractivity contribution is 9.10. The van der Waals surface area contributed by atoms with Gasteiger partial charge in [-0.3, -0.25) is 4.57 Å². The van der Waals surface area contributed by atoms with Crippen LogP contribution in [-0.4, -0.2) is 59.1 Å². The summed E-state index contributed by atoms with van der Waals surface area (Å²) in [6, 6.07) is 13.1. The van der Waals surface area contributed by atoms with E-state index in [9.17, 15) is 27.9 Å². The van der Waals surface area contributed by atoms with Gasteiger partial charge in [-0.25, -0.2) is 22.9 Å². The summed E-state index contributed by atoms with van der Waals surface area (Å²) in [5.41, 5.74) is 2.17. The Bertz CT molecular complexity index is 1960. The van der Waals surface area contributed by atoms with Gasteiger partial charge in [-0.2, -0.15) is 5.10 Å². The fraction of sp³-hybridized carbons (Fsp3) is 0.333. The Hall–Kier alpha value is -3.59. The highest BCUT2D eigenvalue weighted by Gasteiger charge is 2.57. The molecule has 1 fully saturated rings. The molecule has 46 heavy (non-hydrogen) atoms. The molecule has 3 aromatic carbocycles. The number of hydrogen-bond donors (Lipinski definition) is 2. The molecule has 12 nitrogen and oxygen atoms in total. The summed E-state index contributed by atoms with van der Waals surface area (Å²) in [4.78, 5) is 34.3. The molecule has 16 heteroatoms. The van der Waals surface area contributed by atoms with E-state index in [1.807, 2.05) is 0 Å². The van der Waals surface area contributed by atoms with Crippen molar-refractivity contribution in [3.05, 3.63) is 82.0 Å². The van der Waals surface area contributed by atoms with Crippen LogP contribution in [0.25, 0.3) is 27.6 Å². The summed E-state index contributed by atoms with van der Waals surface area (Å²) < 4.78 is 61.9. The third kappa shape index (κ3) is 6.10. The lowest BCUT2D eigenvalue weighted by molar-refractivity contribution is -0.164. The molecule has 3 heterocycles. The molecule has 242 valence electrons. The van der Waals surface area contributed by atoms with E-state index in [1.165, 1.54) is 29.8 Å².